The second-order valence-electron chi connectivity index (χ2n) is 7.19. The van der Waals surface area contributed by atoms with E-state index < -0.39 is 0 Å². The van der Waals surface area contributed by atoms with Gasteiger partial charge in [0.25, 0.3) is 5.91 Å². The molecule has 0 saturated heterocycles. The van der Waals surface area contributed by atoms with Gasteiger partial charge in [-0.15, -0.1) is 0 Å². The Morgan fingerprint density at radius 3 is 2.62 bits per heavy atom. The first-order valence-corrected chi connectivity index (χ1v) is 9.64. The molecule has 2 aromatic rings. The first kappa shape index (κ1) is 18.5. The molecule has 0 spiro atoms. The van der Waals surface area contributed by atoms with Gasteiger partial charge in [-0.3, -0.25) is 9.48 Å². The van der Waals surface area contributed by atoms with Crippen molar-refractivity contribution in [3.63, 3.8) is 0 Å². The molecule has 1 aliphatic rings. The van der Waals surface area contributed by atoms with E-state index in [1.165, 1.54) is 44.9 Å². The molecule has 3 rings (SSSR count). The molecule has 0 bridgehead atoms. The van der Waals surface area contributed by atoms with Crippen LogP contribution in [0.2, 0.25) is 0 Å². The van der Waals surface area contributed by atoms with Gasteiger partial charge in [0.2, 0.25) is 0 Å². The van der Waals surface area contributed by atoms with Crippen molar-refractivity contribution in [1.29, 1.82) is 0 Å². The smallest absolute Gasteiger partial charge is 0.255 e. The minimum Gasteiger partial charge on any atom is -0.496 e. The van der Waals surface area contributed by atoms with Crippen molar-refractivity contribution >= 4 is 5.91 Å². The van der Waals surface area contributed by atoms with Crippen LogP contribution in [-0.2, 0) is 7.05 Å². The number of carbonyl (C=O) groups excluding carboxylic acids is 1. The number of amides is 1. The summed E-state index contributed by atoms with van der Waals surface area (Å²) in [5, 5.41) is 7.65. The number of aromatic nitrogens is 2. The molecular formula is C21H29N3O2. The lowest BCUT2D eigenvalue weighted by atomic mass is 9.91. The van der Waals surface area contributed by atoms with E-state index in [4.69, 9.17) is 4.74 Å². The van der Waals surface area contributed by atoms with E-state index in [0.29, 0.717) is 17.2 Å². The third-order valence-electron chi connectivity index (χ3n) is 5.21. The van der Waals surface area contributed by atoms with Crippen molar-refractivity contribution < 1.29 is 9.53 Å². The zero-order chi connectivity index (χ0) is 18.4. The van der Waals surface area contributed by atoms with Crippen LogP contribution in [0.15, 0.2) is 30.5 Å². The molecule has 140 valence electrons. The first-order chi connectivity index (χ1) is 12.7. The van der Waals surface area contributed by atoms with Crippen LogP contribution in [-0.4, -0.2) is 29.3 Å². The van der Waals surface area contributed by atoms with Crippen molar-refractivity contribution in [3.05, 3.63) is 36.0 Å². The van der Waals surface area contributed by atoms with E-state index >= 15 is 0 Å². The number of rotatable bonds is 5. The maximum atomic E-state index is 12.8. The third-order valence-corrected chi connectivity index (χ3v) is 5.21. The highest BCUT2D eigenvalue weighted by Crippen LogP contribution is 2.31. The van der Waals surface area contributed by atoms with E-state index in [-0.39, 0.29) is 5.91 Å². The van der Waals surface area contributed by atoms with Crippen LogP contribution in [0, 0.1) is 5.92 Å². The topological polar surface area (TPSA) is 56.2 Å². The Labute approximate surface area is 155 Å². The summed E-state index contributed by atoms with van der Waals surface area (Å²) in [5.41, 5.74) is 2.11. The summed E-state index contributed by atoms with van der Waals surface area (Å²) in [5.74, 6) is 1.26. The molecule has 5 nitrogen and oxygen atoms in total. The van der Waals surface area contributed by atoms with E-state index in [1.54, 1.807) is 18.0 Å². The maximum Gasteiger partial charge on any atom is 0.255 e. The number of carbonyl (C=O) groups is 1. The minimum absolute atomic E-state index is 0.0546. The van der Waals surface area contributed by atoms with Crippen molar-refractivity contribution in [1.82, 2.24) is 15.1 Å². The second kappa shape index (κ2) is 8.88. The highest BCUT2D eigenvalue weighted by molar-refractivity contribution is 6.00. The van der Waals surface area contributed by atoms with Gasteiger partial charge in [0.1, 0.15) is 11.4 Å². The molecule has 0 atom stereocenters. The predicted octanol–water partition coefficient (Wildman–Crippen LogP) is 4.19. The molecule has 5 heteroatoms. The van der Waals surface area contributed by atoms with Gasteiger partial charge in [-0.1, -0.05) is 44.2 Å². The lowest BCUT2D eigenvalue weighted by Gasteiger charge is -2.20. The highest BCUT2D eigenvalue weighted by atomic mass is 16.5. The standard InChI is InChI=1S/C21H29N3O2/c1-24-15-18(20(23-24)17-12-8-9-13-19(17)26-2)21(25)22-14-16-10-6-4-3-5-7-11-16/h8-9,12-13,15-16H,3-7,10-11,14H2,1-2H3,(H,22,25). The number of hydrogen-bond acceptors (Lipinski definition) is 3. The van der Waals surface area contributed by atoms with Crippen molar-refractivity contribution in [2.75, 3.05) is 13.7 Å². The SMILES string of the molecule is COc1ccccc1-c1nn(C)cc1C(=O)NCC1CCCCCCC1. The highest BCUT2D eigenvalue weighted by Gasteiger charge is 2.20. The van der Waals surface area contributed by atoms with E-state index in [2.05, 4.69) is 10.4 Å². The van der Waals surface area contributed by atoms with Gasteiger partial charge in [0.15, 0.2) is 0 Å². The Morgan fingerprint density at radius 1 is 1.19 bits per heavy atom. The van der Waals surface area contributed by atoms with Gasteiger partial charge in [-0.2, -0.15) is 5.10 Å². The van der Waals surface area contributed by atoms with E-state index in [0.717, 1.165) is 17.9 Å². The quantitative estimate of drug-likeness (QED) is 0.875. The molecule has 1 saturated carbocycles. The molecule has 1 aromatic carbocycles. The first-order valence-electron chi connectivity index (χ1n) is 9.64. The Morgan fingerprint density at radius 2 is 1.88 bits per heavy atom. The van der Waals surface area contributed by atoms with E-state index in [1.807, 2.05) is 31.3 Å². The Hall–Kier alpha value is -2.30. The fraction of sp³-hybridized carbons (Fsp3) is 0.524. The van der Waals surface area contributed by atoms with Crippen molar-refractivity contribution in [2.24, 2.45) is 13.0 Å². The number of benzene rings is 1. The van der Waals surface area contributed by atoms with Crippen LogP contribution >= 0.6 is 0 Å². The fourth-order valence-corrected chi connectivity index (χ4v) is 3.77. The number of nitrogens with zero attached hydrogens (tertiary/aromatic N) is 2. The molecule has 0 unspecified atom stereocenters. The van der Waals surface area contributed by atoms with Gasteiger partial charge in [0.05, 0.1) is 12.7 Å². The normalized spacial score (nSPS) is 15.9. The van der Waals surface area contributed by atoms with Crippen LogP contribution in [0.25, 0.3) is 11.3 Å². The minimum atomic E-state index is -0.0546. The summed E-state index contributed by atoms with van der Waals surface area (Å²) in [6.07, 6.45) is 10.8. The van der Waals surface area contributed by atoms with Crippen LogP contribution in [0.5, 0.6) is 5.75 Å². The molecule has 1 amide bonds. The summed E-state index contributed by atoms with van der Waals surface area (Å²) in [6.45, 7) is 0.749. The van der Waals surface area contributed by atoms with E-state index in [9.17, 15) is 4.79 Å². The summed E-state index contributed by atoms with van der Waals surface area (Å²) < 4.78 is 7.13. The van der Waals surface area contributed by atoms with Crippen LogP contribution in [0.1, 0.15) is 55.3 Å². The number of para-hydroxylation sites is 1. The number of methoxy groups -OCH3 is 1. The third kappa shape index (κ3) is 4.45. The van der Waals surface area contributed by atoms with Crippen molar-refractivity contribution in [2.45, 2.75) is 44.9 Å². The molecule has 1 heterocycles. The van der Waals surface area contributed by atoms with Gasteiger partial charge in [-0.05, 0) is 30.9 Å². The summed E-state index contributed by atoms with van der Waals surface area (Å²) in [4.78, 5) is 12.8. The number of ether oxygens (including phenoxy) is 1. The van der Waals surface area contributed by atoms with Gasteiger partial charge in [0, 0.05) is 25.4 Å². The van der Waals surface area contributed by atoms with Gasteiger partial charge >= 0.3 is 0 Å². The molecule has 1 fully saturated rings. The average Bonchev–Trinajstić information content (AvgIpc) is 3.02. The predicted molar refractivity (Wildman–Crippen MR) is 103 cm³/mol. The lowest BCUT2D eigenvalue weighted by molar-refractivity contribution is 0.0945. The molecule has 26 heavy (non-hydrogen) atoms. The Balaban J connectivity index is 1.73. The van der Waals surface area contributed by atoms with Gasteiger partial charge < -0.3 is 10.1 Å². The van der Waals surface area contributed by atoms with Crippen LogP contribution < -0.4 is 10.1 Å². The largest absolute Gasteiger partial charge is 0.496 e. The second-order valence-corrected chi connectivity index (χ2v) is 7.19. The summed E-state index contributed by atoms with van der Waals surface area (Å²) in [7, 11) is 3.47. The maximum absolute atomic E-state index is 12.8. The fourth-order valence-electron chi connectivity index (χ4n) is 3.77. The molecule has 0 radical (unpaired) electrons. The Bertz CT molecular complexity index is 731. The van der Waals surface area contributed by atoms with Crippen LogP contribution in [0.4, 0.5) is 0 Å². The number of nitrogens with one attached hydrogen (secondary N) is 1. The molecule has 1 aromatic heterocycles. The zero-order valence-corrected chi connectivity index (χ0v) is 15.8. The van der Waals surface area contributed by atoms with Crippen molar-refractivity contribution in [3.8, 4) is 17.0 Å². The number of hydrogen-bond donors (Lipinski definition) is 1. The average molecular weight is 355 g/mol. The Kier molecular flexibility index (Phi) is 6.31. The zero-order valence-electron chi connectivity index (χ0n) is 15.8. The number of aryl methyl sites for hydroxylation is 1. The summed E-state index contributed by atoms with van der Waals surface area (Å²) >= 11 is 0. The summed E-state index contributed by atoms with van der Waals surface area (Å²) in [6, 6.07) is 7.68. The van der Waals surface area contributed by atoms with Gasteiger partial charge in [-0.25, -0.2) is 0 Å². The molecule has 0 aliphatic heterocycles. The lowest BCUT2D eigenvalue weighted by Crippen LogP contribution is -2.29. The molecule has 1 N–H and O–H groups in total. The van der Waals surface area contributed by atoms with Crippen LogP contribution in [0.3, 0.4) is 0 Å². The molecule has 1 aliphatic carbocycles. The monoisotopic (exact) mass is 355 g/mol. The molecular weight excluding hydrogens is 326 g/mol.